The van der Waals surface area contributed by atoms with Crippen molar-refractivity contribution in [1.29, 1.82) is 0 Å². The Balaban J connectivity index is 1.73. The van der Waals surface area contributed by atoms with E-state index < -0.39 is 0 Å². The standard InChI is InChI=1S/C21H31N3O3/c1-14(2)12-24(16-7-8-16)20(25)11-17-13-27-19-9-6-15(21(26)22(3)4)10-18(19)23(17)5/h6,9-10,14,16-17H,7-8,11-13H2,1-5H3/t17-/m0/s1. The van der Waals surface area contributed by atoms with Crippen molar-refractivity contribution in [1.82, 2.24) is 9.80 Å². The van der Waals surface area contributed by atoms with Crippen LogP contribution in [-0.4, -0.2) is 68.0 Å². The van der Waals surface area contributed by atoms with Gasteiger partial charge in [0.05, 0.1) is 18.2 Å². The summed E-state index contributed by atoms with van der Waals surface area (Å²) in [5, 5.41) is 0. The smallest absolute Gasteiger partial charge is 0.253 e. The number of ether oxygens (including phenoxy) is 1. The van der Waals surface area contributed by atoms with Crippen LogP contribution in [0, 0.1) is 5.92 Å². The summed E-state index contributed by atoms with van der Waals surface area (Å²) in [4.78, 5) is 30.9. The number of hydrogen-bond acceptors (Lipinski definition) is 4. The van der Waals surface area contributed by atoms with Gasteiger partial charge in [0, 0.05) is 39.3 Å². The van der Waals surface area contributed by atoms with Crippen LogP contribution in [0.5, 0.6) is 5.75 Å². The Kier molecular flexibility index (Phi) is 5.63. The van der Waals surface area contributed by atoms with Crippen molar-refractivity contribution in [3.63, 3.8) is 0 Å². The van der Waals surface area contributed by atoms with E-state index in [1.165, 1.54) is 0 Å². The molecule has 0 spiro atoms. The van der Waals surface area contributed by atoms with Crippen LogP contribution in [0.3, 0.4) is 0 Å². The van der Waals surface area contributed by atoms with E-state index in [1.807, 2.05) is 19.2 Å². The molecule has 0 aromatic heterocycles. The maximum absolute atomic E-state index is 12.9. The minimum Gasteiger partial charge on any atom is -0.489 e. The van der Waals surface area contributed by atoms with Crippen LogP contribution in [0.15, 0.2) is 18.2 Å². The Bertz CT molecular complexity index is 713. The first-order valence-corrected chi connectivity index (χ1v) is 9.78. The molecular weight excluding hydrogens is 342 g/mol. The third-order valence-electron chi connectivity index (χ3n) is 5.25. The topological polar surface area (TPSA) is 53.1 Å². The van der Waals surface area contributed by atoms with E-state index in [1.54, 1.807) is 25.1 Å². The summed E-state index contributed by atoms with van der Waals surface area (Å²) in [7, 11) is 5.46. The van der Waals surface area contributed by atoms with Gasteiger partial charge in [0.1, 0.15) is 12.4 Å². The van der Waals surface area contributed by atoms with Gasteiger partial charge in [-0.1, -0.05) is 13.8 Å². The van der Waals surface area contributed by atoms with Crippen LogP contribution >= 0.6 is 0 Å². The molecule has 6 heteroatoms. The lowest BCUT2D eigenvalue weighted by Gasteiger charge is -2.37. The van der Waals surface area contributed by atoms with Gasteiger partial charge in [-0.2, -0.15) is 0 Å². The van der Waals surface area contributed by atoms with Crippen LogP contribution in [0.2, 0.25) is 0 Å². The summed E-state index contributed by atoms with van der Waals surface area (Å²) in [5.74, 6) is 1.39. The van der Waals surface area contributed by atoms with Crippen molar-refractivity contribution in [2.45, 2.75) is 45.2 Å². The molecule has 0 radical (unpaired) electrons. The van der Waals surface area contributed by atoms with E-state index in [2.05, 4.69) is 23.6 Å². The minimum atomic E-state index is -0.0405. The normalized spacial score (nSPS) is 18.7. The molecule has 3 rings (SSSR count). The Morgan fingerprint density at radius 3 is 2.56 bits per heavy atom. The zero-order chi connectivity index (χ0) is 19.7. The number of amides is 2. The summed E-state index contributed by atoms with van der Waals surface area (Å²) in [6.07, 6.45) is 2.67. The predicted octanol–water partition coefficient (Wildman–Crippen LogP) is 2.62. The van der Waals surface area contributed by atoms with E-state index in [-0.39, 0.29) is 17.9 Å². The minimum absolute atomic E-state index is 0.0249. The SMILES string of the molecule is CC(C)CN(C(=O)C[C@H]1COc2ccc(C(=O)N(C)C)cc2N1C)C1CC1. The lowest BCUT2D eigenvalue weighted by atomic mass is 10.1. The number of carbonyl (C=O) groups excluding carboxylic acids is 2. The maximum Gasteiger partial charge on any atom is 0.253 e. The molecule has 6 nitrogen and oxygen atoms in total. The number of anilines is 1. The molecule has 0 bridgehead atoms. The highest BCUT2D eigenvalue weighted by atomic mass is 16.5. The largest absolute Gasteiger partial charge is 0.489 e. The van der Waals surface area contributed by atoms with Gasteiger partial charge >= 0.3 is 0 Å². The first-order chi connectivity index (χ1) is 12.8. The van der Waals surface area contributed by atoms with Gasteiger partial charge in [0.25, 0.3) is 5.91 Å². The van der Waals surface area contributed by atoms with Gasteiger partial charge in [0.2, 0.25) is 5.91 Å². The molecule has 0 N–H and O–H groups in total. The number of carbonyl (C=O) groups is 2. The van der Waals surface area contributed by atoms with Crippen LogP contribution < -0.4 is 9.64 Å². The highest BCUT2D eigenvalue weighted by Crippen LogP contribution is 2.35. The first-order valence-electron chi connectivity index (χ1n) is 9.78. The molecule has 1 heterocycles. The average Bonchev–Trinajstić information content (AvgIpc) is 3.45. The van der Waals surface area contributed by atoms with E-state index in [0.29, 0.717) is 30.6 Å². The molecule has 1 aliphatic carbocycles. The van der Waals surface area contributed by atoms with Gasteiger partial charge in [-0.05, 0) is 37.0 Å². The zero-order valence-corrected chi connectivity index (χ0v) is 17.1. The Morgan fingerprint density at radius 1 is 1.26 bits per heavy atom. The highest BCUT2D eigenvalue weighted by Gasteiger charge is 2.35. The Hall–Kier alpha value is -2.24. The highest BCUT2D eigenvalue weighted by molar-refractivity contribution is 5.95. The second kappa shape index (κ2) is 7.79. The molecule has 1 aliphatic heterocycles. The van der Waals surface area contributed by atoms with Gasteiger partial charge in [-0.15, -0.1) is 0 Å². The third-order valence-corrected chi connectivity index (χ3v) is 5.25. The molecule has 1 saturated carbocycles. The van der Waals surface area contributed by atoms with Crippen molar-refractivity contribution in [3.05, 3.63) is 23.8 Å². The molecular formula is C21H31N3O3. The van der Waals surface area contributed by atoms with Crippen LogP contribution in [-0.2, 0) is 4.79 Å². The third kappa shape index (κ3) is 4.37. The summed E-state index contributed by atoms with van der Waals surface area (Å²) >= 11 is 0. The Morgan fingerprint density at radius 2 is 1.96 bits per heavy atom. The number of hydrogen-bond donors (Lipinski definition) is 0. The fourth-order valence-electron chi connectivity index (χ4n) is 3.55. The number of benzene rings is 1. The van der Waals surface area contributed by atoms with E-state index in [4.69, 9.17) is 4.74 Å². The summed E-state index contributed by atoms with van der Waals surface area (Å²) in [6, 6.07) is 5.89. The molecule has 1 aromatic carbocycles. The van der Waals surface area contributed by atoms with E-state index in [9.17, 15) is 9.59 Å². The maximum atomic E-state index is 12.9. The predicted molar refractivity (Wildman–Crippen MR) is 106 cm³/mol. The second-order valence-electron chi connectivity index (χ2n) is 8.33. The molecule has 148 valence electrons. The second-order valence-corrected chi connectivity index (χ2v) is 8.33. The molecule has 1 aromatic rings. The lowest BCUT2D eigenvalue weighted by Crippen LogP contribution is -2.46. The van der Waals surface area contributed by atoms with Crippen molar-refractivity contribution in [2.75, 3.05) is 39.2 Å². The fraction of sp³-hybridized carbons (Fsp3) is 0.619. The van der Waals surface area contributed by atoms with E-state index >= 15 is 0 Å². The molecule has 0 unspecified atom stereocenters. The van der Waals surface area contributed by atoms with Crippen molar-refractivity contribution in [2.24, 2.45) is 5.92 Å². The zero-order valence-electron chi connectivity index (χ0n) is 17.1. The van der Waals surface area contributed by atoms with Crippen LogP contribution in [0.1, 0.15) is 43.5 Å². The Labute approximate surface area is 162 Å². The summed E-state index contributed by atoms with van der Waals surface area (Å²) in [6.45, 7) is 5.60. The number of rotatable bonds is 6. The summed E-state index contributed by atoms with van der Waals surface area (Å²) < 4.78 is 5.90. The quantitative estimate of drug-likeness (QED) is 0.769. The van der Waals surface area contributed by atoms with Gasteiger partial charge in [-0.25, -0.2) is 0 Å². The molecule has 0 saturated heterocycles. The first kappa shape index (κ1) is 19.5. The van der Waals surface area contributed by atoms with E-state index in [0.717, 1.165) is 30.8 Å². The monoisotopic (exact) mass is 373 g/mol. The average molecular weight is 373 g/mol. The van der Waals surface area contributed by atoms with Crippen LogP contribution in [0.4, 0.5) is 5.69 Å². The van der Waals surface area contributed by atoms with Gasteiger partial charge in [-0.3, -0.25) is 9.59 Å². The lowest BCUT2D eigenvalue weighted by molar-refractivity contribution is -0.132. The van der Waals surface area contributed by atoms with Crippen LogP contribution in [0.25, 0.3) is 0 Å². The van der Waals surface area contributed by atoms with Gasteiger partial charge < -0.3 is 19.4 Å². The molecule has 1 fully saturated rings. The molecule has 1 atom stereocenters. The summed E-state index contributed by atoms with van der Waals surface area (Å²) in [5.41, 5.74) is 1.49. The molecule has 2 aliphatic rings. The van der Waals surface area contributed by atoms with Crippen molar-refractivity contribution >= 4 is 17.5 Å². The number of nitrogens with zero attached hydrogens (tertiary/aromatic N) is 3. The fourth-order valence-corrected chi connectivity index (χ4v) is 3.55. The van der Waals surface area contributed by atoms with Crippen molar-refractivity contribution in [3.8, 4) is 5.75 Å². The number of fused-ring (bicyclic) bond motifs is 1. The molecule has 2 amide bonds. The molecule has 27 heavy (non-hydrogen) atoms. The van der Waals surface area contributed by atoms with Crippen molar-refractivity contribution < 1.29 is 14.3 Å². The number of likely N-dealkylation sites (N-methyl/N-ethyl adjacent to an activating group) is 1. The van der Waals surface area contributed by atoms with Gasteiger partial charge in [0.15, 0.2) is 0 Å².